The van der Waals surface area contributed by atoms with Gasteiger partial charge >= 0.3 is 5.97 Å². The summed E-state index contributed by atoms with van der Waals surface area (Å²) in [6.07, 6.45) is -0.0834. The Morgan fingerprint density at radius 1 is 1.03 bits per heavy atom. The predicted molar refractivity (Wildman–Crippen MR) is 115 cm³/mol. The zero-order chi connectivity index (χ0) is 21.9. The van der Waals surface area contributed by atoms with E-state index in [0.717, 1.165) is 11.1 Å². The van der Waals surface area contributed by atoms with Gasteiger partial charge in [-0.25, -0.2) is 0 Å². The minimum atomic E-state index is -0.900. The molecule has 0 spiro atoms. The summed E-state index contributed by atoms with van der Waals surface area (Å²) in [5.41, 5.74) is 2.47. The molecular weight excluding hydrogens is 382 g/mol. The van der Waals surface area contributed by atoms with Crippen LogP contribution in [-0.2, 0) is 16.0 Å². The number of aliphatic carboxylic acids is 1. The van der Waals surface area contributed by atoms with Crippen LogP contribution in [0.4, 0.5) is 0 Å². The van der Waals surface area contributed by atoms with Crippen LogP contribution in [0.1, 0.15) is 42.4 Å². The Morgan fingerprint density at radius 2 is 1.73 bits per heavy atom. The summed E-state index contributed by atoms with van der Waals surface area (Å²) in [5, 5.41) is 9.92. The van der Waals surface area contributed by atoms with Gasteiger partial charge in [-0.05, 0) is 69.7 Å². The molecule has 30 heavy (non-hydrogen) atoms. The number of carbonyl (C=O) groups excluding carboxylic acids is 1. The lowest BCUT2D eigenvalue weighted by Gasteiger charge is -2.19. The SMILES string of the molecule is Cc1cc2c(CC(=O)O)cccc2n1C(=O)c1ccc(OCCOC(C)(C)C)cc1. The molecule has 6 nitrogen and oxygen atoms in total. The van der Waals surface area contributed by atoms with Gasteiger partial charge in [0.2, 0.25) is 0 Å². The molecule has 1 N–H and O–H groups in total. The zero-order valence-electron chi connectivity index (χ0n) is 17.8. The lowest BCUT2D eigenvalue weighted by molar-refractivity contribution is -0.136. The number of nitrogens with zero attached hydrogens (tertiary/aromatic N) is 1. The average Bonchev–Trinajstić information content (AvgIpc) is 3.01. The van der Waals surface area contributed by atoms with E-state index in [9.17, 15) is 9.59 Å². The number of aryl methyl sites for hydroxylation is 1. The number of carbonyl (C=O) groups is 2. The van der Waals surface area contributed by atoms with E-state index in [1.165, 1.54) is 0 Å². The summed E-state index contributed by atoms with van der Waals surface area (Å²) in [5.74, 6) is -0.401. The van der Waals surface area contributed by atoms with Crippen molar-refractivity contribution >= 4 is 22.8 Å². The van der Waals surface area contributed by atoms with Crippen LogP contribution in [0, 0.1) is 6.92 Å². The van der Waals surface area contributed by atoms with Crippen LogP contribution in [0.15, 0.2) is 48.5 Å². The van der Waals surface area contributed by atoms with Crippen molar-refractivity contribution < 1.29 is 24.2 Å². The van der Waals surface area contributed by atoms with Crippen LogP contribution in [0.5, 0.6) is 5.75 Å². The summed E-state index contributed by atoms with van der Waals surface area (Å²) in [6.45, 7) is 8.73. The Bertz CT molecular complexity index is 1060. The van der Waals surface area contributed by atoms with E-state index in [-0.39, 0.29) is 17.9 Å². The van der Waals surface area contributed by atoms with E-state index in [1.807, 2.05) is 39.8 Å². The van der Waals surface area contributed by atoms with Crippen LogP contribution < -0.4 is 4.74 Å². The zero-order valence-corrected chi connectivity index (χ0v) is 17.8. The minimum absolute atomic E-state index is 0.0834. The van der Waals surface area contributed by atoms with Crippen molar-refractivity contribution in [3.8, 4) is 5.75 Å². The van der Waals surface area contributed by atoms with Crippen LogP contribution in [-0.4, -0.2) is 40.4 Å². The molecule has 2 aromatic carbocycles. The Hall–Kier alpha value is -3.12. The Morgan fingerprint density at radius 3 is 2.37 bits per heavy atom. The molecule has 0 amide bonds. The number of benzene rings is 2. The van der Waals surface area contributed by atoms with Crippen LogP contribution >= 0.6 is 0 Å². The second-order valence-corrected chi connectivity index (χ2v) is 8.18. The van der Waals surface area contributed by atoms with E-state index >= 15 is 0 Å². The van der Waals surface area contributed by atoms with Crippen molar-refractivity contribution in [2.45, 2.75) is 39.7 Å². The molecule has 158 valence electrons. The number of rotatable bonds is 7. The third-order valence-electron chi connectivity index (χ3n) is 4.65. The Balaban J connectivity index is 1.77. The fourth-order valence-corrected chi connectivity index (χ4v) is 3.34. The van der Waals surface area contributed by atoms with Gasteiger partial charge in [-0.3, -0.25) is 14.2 Å². The van der Waals surface area contributed by atoms with Gasteiger partial charge < -0.3 is 14.6 Å². The molecule has 1 heterocycles. The molecule has 0 aliphatic heterocycles. The van der Waals surface area contributed by atoms with Gasteiger partial charge in [0.25, 0.3) is 5.91 Å². The first-order valence-corrected chi connectivity index (χ1v) is 9.89. The first-order valence-electron chi connectivity index (χ1n) is 9.89. The number of ether oxygens (including phenoxy) is 2. The number of carboxylic acids is 1. The summed E-state index contributed by atoms with van der Waals surface area (Å²) in [6, 6.07) is 14.2. The maximum atomic E-state index is 13.1. The molecule has 0 unspecified atom stereocenters. The summed E-state index contributed by atoms with van der Waals surface area (Å²) in [7, 11) is 0. The average molecular weight is 409 g/mol. The third kappa shape index (κ3) is 5.07. The van der Waals surface area contributed by atoms with E-state index in [4.69, 9.17) is 14.6 Å². The van der Waals surface area contributed by atoms with Gasteiger partial charge in [0.05, 0.1) is 24.1 Å². The first-order chi connectivity index (χ1) is 14.2. The Labute approximate surface area is 176 Å². The minimum Gasteiger partial charge on any atom is -0.491 e. The molecule has 0 saturated heterocycles. The lowest BCUT2D eigenvalue weighted by atomic mass is 10.1. The third-order valence-corrected chi connectivity index (χ3v) is 4.65. The molecule has 0 fully saturated rings. The summed E-state index contributed by atoms with van der Waals surface area (Å²) >= 11 is 0. The number of hydrogen-bond donors (Lipinski definition) is 1. The largest absolute Gasteiger partial charge is 0.491 e. The molecule has 0 aliphatic rings. The molecule has 3 rings (SSSR count). The van der Waals surface area contributed by atoms with E-state index in [0.29, 0.717) is 35.6 Å². The molecule has 1 aromatic heterocycles. The number of aromatic nitrogens is 1. The normalized spacial score (nSPS) is 11.6. The van der Waals surface area contributed by atoms with Crippen molar-refractivity contribution in [1.82, 2.24) is 4.57 Å². The van der Waals surface area contributed by atoms with Gasteiger partial charge in [0, 0.05) is 16.6 Å². The molecule has 0 bridgehead atoms. The van der Waals surface area contributed by atoms with Crippen molar-refractivity contribution in [3.63, 3.8) is 0 Å². The molecule has 6 heteroatoms. The van der Waals surface area contributed by atoms with E-state index in [1.54, 1.807) is 41.0 Å². The molecule has 0 radical (unpaired) electrons. The quantitative estimate of drug-likeness (QED) is 0.583. The highest BCUT2D eigenvalue weighted by atomic mass is 16.5. The van der Waals surface area contributed by atoms with Gasteiger partial charge in [-0.1, -0.05) is 12.1 Å². The van der Waals surface area contributed by atoms with Crippen molar-refractivity contribution in [3.05, 3.63) is 65.4 Å². The standard InChI is InChI=1S/C24H27NO5/c1-16-14-20-18(15-22(26)27)6-5-7-21(20)25(16)23(28)17-8-10-19(11-9-17)29-12-13-30-24(2,3)4/h5-11,14H,12-13,15H2,1-4H3,(H,26,27). The van der Waals surface area contributed by atoms with Crippen LogP contribution in [0.2, 0.25) is 0 Å². The fourth-order valence-electron chi connectivity index (χ4n) is 3.34. The maximum absolute atomic E-state index is 13.1. The first kappa shape index (κ1) is 21.6. The molecule has 3 aromatic rings. The molecular formula is C24H27NO5. The highest BCUT2D eigenvalue weighted by Crippen LogP contribution is 2.25. The second kappa shape index (κ2) is 8.71. The molecule has 0 atom stereocenters. The van der Waals surface area contributed by atoms with E-state index < -0.39 is 5.97 Å². The lowest BCUT2D eigenvalue weighted by Crippen LogP contribution is -2.22. The predicted octanol–water partition coefficient (Wildman–Crippen LogP) is 4.46. The van der Waals surface area contributed by atoms with Gasteiger partial charge in [0.1, 0.15) is 12.4 Å². The highest BCUT2D eigenvalue weighted by molar-refractivity contribution is 6.04. The number of fused-ring (bicyclic) bond motifs is 1. The Kier molecular flexibility index (Phi) is 6.27. The highest BCUT2D eigenvalue weighted by Gasteiger charge is 2.17. The second-order valence-electron chi connectivity index (χ2n) is 8.18. The number of hydrogen-bond acceptors (Lipinski definition) is 4. The number of carboxylic acid groups (broad SMARTS) is 1. The van der Waals surface area contributed by atoms with Gasteiger partial charge in [0.15, 0.2) is 0 Å². The van der Waals surface area contributed by atoms with Crippen LogP contribution in [0.3, 0.4) is 0 Å². The van der Waals surface area contributed by atoms with Crippen molar-refractivity contribution in [2.75, 3.05) is 13.2 Å². The summed E-state index contributed by atoms with van der Waals surface area (Å²) in [4.78, 5) is 24.3. The molecule has 0 aliphatic carbocycles. The summed E-state index contributed by atoms with van der Waals surface area (Å²) < 4.78 is 12.9. The van der Waals surface area contributed by atoms with Gasteiger partial charge in [-0.2, -0.15) is 0 Å². The van der Waals surface area contributed by atoms with Crippen molar-refractivity contribution in [1.29, 1.82) is 0 Å². The van der Waals surface area contributed by atoms with E-state index in [2.05, 4.69) is 0 Å². The smallest absolute Gasteiger partial charge is 0.307 e. The topological polar surface area (TPSA) is 77.8 Å². The fraction of sp³-hybridized carbons (Fsp3) is 0.333. The molecule has 0 saturated carbocycles. The van der Waals surface area contributed by atoms with Crippen LogP contribution in [0.25, 0.3) is 10.9 Å². The van der Waals surface area contributed by atoms with Gasteiger partial charge in [-0.15, -0.1) is 0 Å². The van der Waals surface area contributed by atoms with Crippen molar-refractivity contribution in [2.24, 2.45) is 0 Å². The maximum Gasteiger partial charge on any atom is 0.307 e. The monoisotopic (exact) mass is 409 g/mol.